The molecular weight excluding hydrogens is 376 g/mol. The number of nitrogens with zero attached hydrogens (tertiary/aromatic N) is 2. The summed E-state index contributed by atoms with van der Waals surface area (Å²) in [5.41, 5.74) is 6.09. The van der Waals surface area contributed by atoms with Gasteiger partial charge in [-0.05, 0) is 6.07 Å². The molecule has 28 heavy (non-hydrogen) atoms. The molecule has 0 spiro atoms. The number of hydrazone groups is 1. The quantitative estimate of drug-likeness (QED) is 0.461. The van der Waals surface area contributed by atoms with E-state index in [4.69, 9.17) is 9.47 Å². The van der Waals surface area contributed by atoms with Crippen molar-refractivity contribution >= 4 is 34.3 Å². The monoisotopic (exact) mass is 396 g/mol. The normalized spacial score (nSPS) is 10.7. The molecule has 7 nitrogen and oxygen atoms in total. The molecular formula is C20H20N4O3S. The number of carbonyl (C=O) groups is 1. The molecule has 0 bridgehead atoms. The molecule has 2 N–H and O–H groups in total. The van der Waals surface area contributed by atoms with E-state index in [9.17, 15) is 4.79 Å². The van der Waals surface area contributed by atoms with Gasteiger partial charge in [-0.15, -0.1) is 11.3 Å². The second-order valence-electron chi connectivity index (χ2n) is 5.75. The zero-order valence-corrected chi connectivity index (χ0v) is 16.5. The molecule has 1 amide bonds. The van der Waals surface area contributed by atoms with Gasteiger partial charge in [-0.2, -0.15) is 5.10 Å². The first kappa shape index (κ1) is 19.4. The highest BCUT2D eigenvalue weighted by Crippen LogP contribution is 2.32. The van der Waals surface area contributed by atoms with Gasteiger partial charge in [0.05, 0.1) is 31.8 Å². The van der Waals surface area contributed by atoms with Gasteiger partial charge < -0.3 is 14.8 Å². The molecule has 1 heterocycles. The van der Waals surface area contributed by atoms with Crippen LogP contribution in [0.2, 0.25) is 0 Å². The number of ether oxygens (including phenoxy) is 2. The van der Waals surface area contributed by atoms with Crippen molar-refractivity contribution < 1.29 is 14.3 Å². The van der Waals surface area contributed by atoms with E-state index in [1.807, 2.05) is 35.7 Å². The lowest BCUT2D eigenvalue weighted by molar-refractivity contribution is -0.114. The third-order valence-corrected chi connectivity index (χ3v) is 4.55. The van der Waals surface area contributed by atoms with E-state index in [1.165, 1.54) is 25.4 Å². The minimum atomic E-state index is -0.192. The van der Waals surface area contributed by atoms with Crippen molar-refractivity contribution in [2.75, 3.05) is 25.0 Å². The van der Waals surface area contributed by atoms with Gasteiger partial charge in [-0.25, -0.2) is 4.98 Å². The van der Waals surface area contributed by atoms with Crippen LogP contribution in [0, 0.1) is 0 Å². The minimum Gasteiger partial charge on any atom is -0.493 e. The molecule has 0 aliphatic heterocycles. The first-order valence-corrected chi connectivity index (χ1v) is 9.32. The topological polar surface area (TPSA) is 84.8 Å². The van der Waals surface area contributed by atoms with Crippen LogP contribution in [-0.2, 0) is 4.79 Å². The summed E-state index contributed by atoms with van der Waals surface area (Å²) in [5, 5.41) is 9.64. The van der Waals surface area contributed by atoms with Gasteiger partial charge in [0.15, 0.2) is 11.5 Å². The van der Waals surface area contributed by atoms with Crippen molar-refractivity contribution in [3.63, 3.8) is 0 Å². The SMILES string of the molecule is COc1cc(C=NNc2nc(-c3ccccc3)cs2)c(NC(C)=O)cc1OC. The predicted molar refractivity (Wildman–Crippen MR) is 113 cm³/mol. The Hall–Kier alpha value is -3.39. The molecule has 0 fully saturated rings. The summed E-state index contributed by atoms with van der Waals surface area (Å²) in [6, 6.07) is 13.4. The zero-order chi connectivity index (χ0) is 19.9. The molecule has 144 valence electrons. The lowest BCUT2D eigenvalue weighted by Gasteiger charge is -2.13. The highest BCUT2D eigenvalue weighted by Gasteiger charge is 2.11. The van der Waals surface area contributed by atoms with Crippen LogP contribution in [0.15, 0.2) is 52.9 Å². The maximum Gasteiger partial charge on any atom is 0.221 e. The van der Waals surface area contributed by atoms with Gasteiger partial charge in [-0.1, -0.05) is 30.3 Å². The first-order valence-electron chi connectivity index (χ1n) is 8.44. The summed E-state index contributed by atoms with van der Waals surface area (Å²) < 4.78 is 10.6. The summed E-state index contributed by atoms with van der Waals surface area (Å²) in [7, 11) is 3.09. The summed E-state index contributed by atoms with van der Waals surface area (Å²) >= 11 is 1.46. The Kier molecular flexibility index (Phi) is 6.23. The molecule has 0 aliphatic rings. The predicted octanol–water partition coefficient (Wildman–Crippen LogP) is 4.23. The molecule has 0 unspecified atom stereocenters. The summed E-state index contributed by atoms with van der Waals surface area (Å²) in [5.74, 6) is 0.865. The first-order chi connectivity index (χ1) is 13.6. The lowest BCUT2D eigenvalue weighted by Crippen LogP contribution is -2.09. The van der Waals surface area contributed by atoms with E-state index < -0.39 is 0 Å². The molecule has 0 saturated heterocycles. The van der Waals surface area contributed by atoms with Crippen LogP contribution >= 0.6 is 11.3 Å². The fourth-order valence-electron chi connectivity index (χ4n) is 2.52. The Morgan fingerprint density at radius 3 is 2.54 bits per heavy atom. The number of carbonyl (C=O) groups excluding carboxylic acids is 1. The van der Waals surface area contributed by atoms with Crippen molar-refractivity contribution in [2.45, 2.75) is 6.92 Å². The highest BCUT2D eigenvalue weighted by molar-refractivity contribution is 7.14. The number of methoxy groups -OCH3 is 2. The van der Waals surface area contributed by atoms with Gasteiger partial charge in [0.2, 0.25) is 11.0 Å². The van der Waals surface area contributed by atoms with E-state index in [2.05, 4.69) is 20.8 Å². The van der Waals surface area contributed by atoms with Gasteiger partial charge in [0.25, 0.3) is 0 Å². The summed E-state index contributed by atoms with van der Waals surface area (Å²) in [6.07, 6.45) is 1.59. The molecule has 0 radical (unpaired) electrons. The fourth-order valence-corrected chi connectivity index (χ4v) is 3.19. The van der Waals surface area contributed by atoms with Gasteiger partial charge in [-0.3, -0.25) is 10.2 Å². The molecule has 1 aromatic heterocycles. The van der Waals surface area contributed by atoms with Crippen LogP contribution < -0.4 is 20.2 Å². The minimum absolute atomic E-state index is 0.192. The number of benzene rings is 2. The van der Waals surface area contributed by atoms with E-state index in [-0.39, 0.29) is 5.91 Å². The maximum atomic E-state index is 11.5. The maximum absolute atomic E-state index is 11.5. The van der Waals surface area contributed by atoms with Crippen molar-refractivity contribution in [3.05, 3.63) is 53.4 Å². The van der Waals surface area contributed by atoms with Crippen molar-refractivity contribution in [1.82, 2.24) is 4.98 Å². The Labute approximate surface area is 167 Å². The van der Waals surface area contributed by atoms with Crippen molar-refractivity contribution in [2.24, 2.45) is 5.10 Å². The Balaban J connectivity index is 1.80. The van der Waals surface area contributed by atoms with Gasteiger partial charge in [0.1, 0.15) is 0 Å². The second kappa shape index (κ2) is 9.01. The molecule has 0 saturated carbocycles. The fraction of sp³-hybridized carbons (Fsp3) is 0.150. The molecule has 8 heteroatoms. The summed E-state index contributed by atoms with van der Waals surface area (Å²) in [6.45, 7) is 1.44. The van der Waals surface area contributed by atoms with E-state index in [0.717, 1.165) is 11.3 Å². The second-order valence-corrected chi connectivity index (χ2v) is 6.61. The molecule has 3 aromatic rings. The Morgan fingerprint density at radius 1 is 1.14 bits per heavy atom. The van der Waals surface area contributed by atoms with Crippen LogP contribution in [0.25, 0.3) is 11.3 Å². The number of nitrogens with one attached hydrogen (secondary N) is 2. The van der Waals surface area contributed by atoms with Crippen molar-refractivity contribution in [1.29, 1.82) is 0 Å². The van der Waals surface area contributed by atoms with E-state index in [1.54, 1.807) is 25.5 Å². The number of hydrogen-bond donors (Lipinski definition) is 2. The third-order valence-electron chi connectivity index (χ3n) is 3.80. The number of anilines is 2. The number of rotatable bonds is 7. The average Bonchev–Trinajstić information content (AvgIpc) is 3.18. The van der Waals surface area contributed by atoms with E-state index >= 15 is 0 Å². The van der Waals surface area contributed by atoms with Crippen LogP contribution in [0.5, 0.6) is 11.5 Å². The molecule has 2 aromatic carbocycles. The summed E-state index contributed by atoms with van der Waals surface area (Å²) in [4.78, 5) is 16.0. The smallest absolute Gasteiger partial charge is 0.221 e. The molecule has 0 atom stereocenters. The van der Waals surface area contributed by atoms with Crippen molar-refractivity contribution in [3.8, 4) is 22.8 Å². The third kappa shape index (κ3) is 4.66. The van der Waals surface area contributed by atoms with Gasteiger partial charge >= 0.3 is 0 Å². The molecule has 0 aliphatic carbocycles. The van der Waals surface area contributed by atoms with Crippen LogP contribution in [0.3, 0.4) is 0 Å². The largest absolute Gasteiger partial charge is 0.493 e. The number of hydrogen-bond acceptors (Lipinski definition) is 7. The van der Waals surface area contributed by atoms with Crippen LogP contribution in [0.1, 0.15) is 12.5 Å². The van der Waals surface area contributed by atoms with Crippen LogP contribution in [-0.4, -0.2) is 31.3 Å². The Morgan fingerprint density at radius 2 is 1.86 bits per heavy atom. The lowest BCUT2D eigenvalue weighted by atomic mass is 10.1. The molecule has 3 rings (SSSR count). The van der Waals surface area contributed by atoms with Crippen LogP contribution in [0.4, 0.5) is 10.8 Å². The zero-order valence-electron chi connectivity index (χ0n) is 15.7. The van der Waals surface area contributed by atoms with Gasteiger partial charge in [0, 0.05) is 29.5 Å². The highest BCUT2D eigenvalue weighted by atomic mass is 32.1. The number of thiazole rings is 1. The number of aromatic nitrogens is 1. The average molecular weight is 396 g/mol. The number of amides is 1. The Bertz CT molecular complexity index is 986. The standard InChI is InChI=1S/C20H20N4O3S/c1-13(25)22-16-10-19(27-3)18(26-2)9-15(16)11-21-24-20-23-17(12-28-20)14-7-5-4-6-8-14/h4-12H,1-3H3,(H,22,25)(H,23,24). The van der Waals surface area contributed by atoms with E-state index in [0.29, 0.717) is 27.9 Å².